The highest BCUT2D eigenvalue weighted by atomic mass is 32.1. The average molecular weight is 493 g/mol. The van der Waals surface area contributed by atoms with E-state index in [9.17, 15) is 9.59 Å². The summed E-state index contributed by atoms with van der Waals surface area (Å²) in [6.07, 6.45) is -0.804. The zero-order valence-corrected chi connectivity index (χ0v) is 20.3. The standard InChI is InChI=1S/C26H24N2O6S/c1-4-31-20-13-12-17(15-21(20)32-5-2)23(29)18-9-6-7-10-19(18)26(30)33-16(3)24-27-28-25(34-24)22-11-8-14-35-22/h6-16H,4-5H2,1-3H3. The van der Waals surface area contributed by atoms with E-state index >= 15 is 0 Å². The Morgan fingerprint density at radius 2 is 1.69 bits per heavy atom. The van der Waals surface area contributed by atoms with Gasteiger partial charge in [0.2, 0.25) is 0 Å². The second kappa shape index (κ2) is 11.0. The minimum atomic E-state index is -0.804. The van der Waals surface area contributed by atoms with Gasteiger partial charge in [0, 0.05) is 11.1 Å². The zero-order valence-electron chi connectivity index (χ0n) is 19.5. The molecule has 9 heteroatoms. The van der Waals surface area contributed by atoms with Gasteiger partial charge >= 0.3 is 5.97 Å². The number of aromatic nitrogens is 2. The fraction of sp³-hybridized carbons (Fsp3) is 0.231. The highest BCUT2D eigenvalue weighted by Gasteiger charge is 2.24. The van der Waals surface area contributed by atoms with E-state index in [0.29, 0.717) is 36.2 Å². The Morgan fingerprint density at radius 1 is 0.943 bits per heavy atom. The molecular formula is C26H24N2O6S. The van der Waals surface area contributed by atoms with Crippen LogP contribution in [0.3, 0.4) is 0 Å². The van der Waals surface area contributed by atoms with Crippen LogP contribution in [0.2, 0.25) is 0 Å². The summed E-state index contributed by atoms with van der Waals surface area (Å²) in [6.45, 7) is 6.24. The fourth-order valence-electron chi connectivity index (χ4n) is 3.38. The number of rotatable bonds is 10. The van der Waals surface area contributed by atoms with E-state index < -0.39 is 12.1 Å². The largest absolute Gasteiger partial charge is 0.490 e. The van der Waals surface area contributed by atoms with E-state index in [4.69, 9.17) is 18.6 Å². The summed E-state index contributed by atoms with van der Waals surface area (Å²) in [7, 11) is 0. The number of nitrogens with zero attached hydrogens (tertiary/aromatic N) is 2. The smallest absolute Gasteiger partial charge is 0.339 e. The van der Waals surface area contributed by atoms with Crippen molar-refractivity contribution in [2.24, 2.45) is 0 Å². The molecule has 35 heavy (non-hydrogen) atoms. The number of ether oxygens (including phenoxy) is 3. The topological polar surface area (TPSA) is 101 Å². The predicted octanol–water partition coefficient (Wildman–Crippen LogP) is 5.74. The predicted molar refractivity (Wildman–Crippen MR) is 130 cm³/mol. The first-order valence-electron chi connectivity index (χ1n) is 11.1. The van der Waals surface area contributed by atoms with Gasteiger partial charge in [0.1, 0.15) is 0 Å². The Labute approximate surface area is 206 Å². The first-order chi connectivity index (χ1) is 17.0. The molecule has 2 aromatic carbocycles. The van der Waals surface area contributed by atoms with E-state index in [1.165, 1.54) is 11.3 Å². The molecule has 0 fully saturated rings. The van der Waals surface area contributed by atoms with Gasteiger partial charge in [-0.15, -0.1) is 21.5 Å². The number of esters is 1. The normalized spacial score (nSPS) is 11.6. The molecule has 0 aliphatic rings. The number of hydrogen-bond acceptors (Lipinski definition) is 9. The van der Waals surface area contributed by atoms with Crippen LogP contribution in [0.5, 0.6) is 11.5 Å². The van der Waals surface area contributed by atoms with Gasteiger partial charge < -0.3 is 18.6 Å². The van der Waals surface area contributed by atoms with Gasteiger partial charge in [-0.1, -0.05) is 24.3 Å². The maximum Gasteiger partial charge on any atom is 0.339 e. The third-order valence-corrected chi connectivity index (χ3v) is 5.86. The third-order valence-electron chi connectivity index (χ3n) is 5.00. The van der Waals surface area contributed by atoms with Crippen LogP contribution in [-0.4, -0.2) is 35.2 Å². The van der Waals surface area contributed by atoms with Crippen LogP contribution in [0.15, 0.2) is 64.4 Å². The monoisotopic (exact) mass is 492 g/mol. The van der Waals surface area contributed by atoms with Gasteiger partial charge in [0.15, 0.2) is 23.4 Å². The molecule has 0 saturated carbocycles. The average Bonchev–Trinajstić information content (AvgIpc) is 3.57. The molecule has 4 aromatic rings. The lowest BCUT2D eigenvalue weighted by Crippen LogP contribution is -2.15. The molecule has 0 N–H and O–H groups in total. The summed E-state index contributed by atoms with van der Waals surface area (Å²) in [6, 6.07) is 15.2. The number of hydrogen-bond donors (Lipinski definition) is 0. The maximum atomic E-state index is 13.3. The molecule has 0 radical (unpaired) electrons. The van der Waals surface area contributed by atoms with Gasteiger partial charge in [-0.3, -0.25) is 4.79 Å². The molecule has 4 rings (SSSR count). The lowest BCUT2D eigenvalue weighted by molar-refractivity contribution is 0.0278. The van der Waals surface area contributed by atoms with Crippen LogP contribution < -0.4 is 9.47 Å². The molecule has 0 aliphatic carbocycles. The van der Waals surface area contributed by atoms with Gasteiger partial charge in [0.05, 0.1) is 23.7 Å². The number of benzene rings is 2. The van der Waals surface area contributed by atoms with Crippen molar-refractivity contribution in [3.63, 3.8) is 0 Å². The van der Waals surface area contributed by atoms with E-state index in [2.05, 4.69) is 10.2 Å². The van der Waals surface area contributed by atoms with Crippen molar-refractivity contribution in [1.82, 2.24) is 10.2 Å². The molecule has 1 unspecified atom stereocenters. The Hall–Kier alpha value is -3.98. The molecule has 0 saturated heterocycles. The molecule has 0 bridgehead atoms. The van der Waals surface area contributed by atoms with E-state index in [1.54, 1.807) is 49.4 Å². The van der Waals surface area contributed by atoms with Crippen LogP contribution >= 0.6 is 11.3 Å². The number of thiophene rings is 1. The van der Waals surface area contributed by atoms with Crippen LogP contribution in [0, 0.1) is 0 Å². The van der Waals surface area contributed by atoms with Crippen LogP contribution in [0.25, 0.3) is 10.8 Å². The van der Waals surface area contributed by atoms with Gasteiger partial charge in [-0.2, -0.15) is 0 Å². The molecule has 2 aromatic heterocycles. The number of carbonyl (C=O) groups is 2. The summed E-state index contributed by atoms with van der Waals surface area (Å²) in [5.74, 6) is 0.522. The first kappa shape index (κ1) is 24.2. The van der Waals surface area contributed by atoms with Gasteiger partial charge in [0.25, 0.3) is 11.8 Å². The summed E-state index contributed by atoms with van der Waals surface area (Å²) in [5.41, 5.74) is 0.706. The second-order valence-corrected chi connectivity index (χ2v) is 8.32. The van der Waals surface area contributed by atoms with E-state index in [1.807, 2.05) is 31.4 Å². The van der Waals surface area contributed by atoms with Crippen molar-refractivity contribution >= 4 is 23.1 Å². The van der Waals surface area contributed by atoms with Crippen molar-refractivity contribution in [3.8, 4) is 22.3 Å². The van der Waals surface area contributed by atoms with Crippen LogP contribution in [0.4, 0.5) is 0 Å². The van der Waals surface area contributed by atoms with Crippen molar-refractivity contribution in [3.05, 3.63) is 82.6 Å². The molecule has 180 valence electrons. The Bertz CT molecular complexity index is 1320. The summed E-state index contributed by atoms with van der Waals surface area (Å²) >= 11 is 1.46. The van der Waals surface area contributed by atoms with Crippen LogP contribution in [0.1, 0.15) is 59.0 Å². The molecule has 0 aliphatic heterocycles. The Balaban J connectivity index is 1.55. The van der Waals surface area contributed by atoms with Crippen LogP contribution in [-0.2, 0) is 4.74 Å². The van der Waals surface area contributed by atoms with Crippen molar-refractivity contribution in [2.75, 3.05) is 13.2 Å². The zero-order chi connectivity index (χ0) is 24.8. The van der Waals surface area contributed by atoms with Gasteiger partial charge in [-0.05, 0) is 56.5 Å². The Morgan fingerprint density at radius 3 is 2.40 bits per heavy atom. The lowest BCUT2D eigenvalue weighted by atomic mass is 9.98. The molecule has 0 amide bonds. The van der Waals surface area contributed by atoms with E-state index in [0.717, 1.165) is 4.88 Å². The minimum absolute atomic E-state index is 0.134. The highest BCUT2D eigenvalue weighted by molar-refractivity contribution is 7.13. The number of ketones is 1. The SMILES string of the molecule is CCOc1ccc(C(=O)c2ccccc2C(=O)OC(C)c2nnc(-c3cccs3)o2)cc1OCC. The Kier molecular flexibility index (Phi) is 7.57. The summed E-state index contributed by atoms with van der Waals surface area (Å²) < 4.78 is 22.4. The molecule has 8 nitrogen and oxygen atoms in total. The summed E-state index contributed by atoms with van der Waals surface area (Å²) in [5, 5.41) is 9.91. The van der Waals surface area contributed by atoms with E-state index in [-0.39, 0.29) is 22.8 Å². The maximum absolute atomic E-state index is 13.3. The highest BCUT2D eigenvalue weighted by Crippen LogP contribution is 2.30. The molecular weight excluding hydrogens is 468 g/mol. The molecule has 0 spiro atoms. The molecule has 1 atom stereocenters. The first-order valence-corrected chi connectivity index (χ1v) is 12.0. The van der Waals surface area contributed by atoms with Crippen molar-refractivity contribution in [2.45, 2.75) is 26.9 Å². The fourth-order valence-corrected chi connectivity index (χ4v) is 4.02. The van der Waals surface area contributed by atoms with Gasteiger partial charge in [-0.25, -0.2) is 4.79 Å². The third kappa shape index (κ3) is 5.41. The minimum Gasteiger partial charge on any atom is -0.490 e. The second-order valence-electron chi connectivity index (χ2n) is 7.37. The summed E-state index contributed by atoms with van der Waals surface area (Å²) in [4.78, 5) is 27.2. The van der Waals surface area contributed by atoms with Crippen molar-refractivity contribution in [1.29, 1.82) is 0 Å². The number of carbonyl (C=O) groups excluding carboxylic acids is 2. The lowest BCUT2D eigenvalue weighted by Gasteiger charge is -2.14. The van der Waals surface area contributed by atoms with Crippen molar-refractivity contribution < 1.29 is 28.2 Å². The molecule has 2 heterocycles. The quantitative estimate of drug-likeness (QED) is 0.204.